The number of halogens is 1. The van der Waals surface area contributed by atoms with Gasteiger partial charge in [0.05, 0.1) is 13.1 Å². The van der Waals surface area contributed by atoms with E-state index in [1.807, 2.05) is 42.5 Å². The molecule has 8 heteroatoms. The van der Waals surface area contributed by atoms with E-state index >= 15 is 0 Å². The van der Waals surface area contributed by atoms with Gasteiger partial charge in [0.15, 0.2) is 5.78 Å². The number of carbonyl (C=O) groups is 1. The maximum Gasteiger partial charge on any atom is 0.332 e. The standard InChI is InChI=1S/C21H21BrN4O3/c1-2-25-20(28)18(17(27)12-24-16-10-8-15(22)9-11-16)19(23)26(21(25)29)13-14-6-4-3-5-7-14/h3-11,24H,2,12-13,23H2,1H3. The van der Waals surface area contributed by atoms with Crippen LogP contribution in [0.1, 0.15) is 22.8 Å². The summed E-state index contributed by atoms with van der Waals surface area (Å²) in [6, 6.07) is 16.6. The maximum atomic E-state index is 12.8. The SMILES string of the molecule is CCn1c(=O)c(C(=O)CNc2ccc(Br)cc2)c(N)n(Cc2ccccc2)c1=O. The van der Waals surface area contributed by atoms with Crippen molar-refractivity contribution in [1.82, 2.24) is 9.13 Å². The maximum absolute atomic E-state index is 12.8. The lowest BCUT2D eigenvalue weighted by Crippen LogP contribution is -2.44. The van der Waals surface area contributed by atoms with E-state index in [9.17, 15) is 14.4 Å². The predicted octanol–water partition coefficient (Wildman–Crippen LogP) is 2.72. The fourth-order valence-electron chi connectivity index (χ4n) is 3.01. The van der Waals surface area contributed by atoms with Crippen molar-refractivity contribution in [2.45, 2.75) is 20.0 Å². The largest absolute Gasteiger partial charge is 0.384 e. The molecule has 2 aromatic carbocycles. The monoisotopic (exact) mass is 456 g/mol. The number of anilines is 2. The van der Waals surface area contributed by atoms with Gasteiger partial charge in [-0.2, -0.15) is 0 Å². The fraction of sp³-hybridized carbons (Fsp3) is 0.190. The summed E-state index contributed by atoms with van der Waals surface area (Å²) in [5.41, 5.74) is 6.34. The van der Waals surface area contributed by atoms with E-state index in [4.69, 9.17) is 5.73 Å². The summed E-state index contributed by atoms with van der Waals surface area (Å²) in [6.07, 6.45) is 0. The van der Waals surface area contributed by atoms with E-state index in [0.717, 1.165) is 20.3 Å². The lowest BCUT2D eigenvalue weighted by molar-refractivity contribution is 0.100. The van der Waals surface area contributed by atoms with Crippen LogP contribution < -0.4 is 22.3 Å². The third-order valence-electron chi connectivity index (χ3n) is 4.54. The predicted molar refractivity (Wildman–Crippen MR) is 118 cm³/mol. The summed E-state index contributed by atoms with van der Waals surface area (Å²) < 4.78 is 3.22. The van der Waals surface area contributed by atoms with Crippen molar-refractivity contribution in [3.8, 4) is 0 Å². The van der Waals surface area contributed by atoms with E-state index in [1.54, 1.807) is 19.1 Å². The van der Waals surface area contributed by atoms with Gasteiger partial charge in [-0.3, -0.25) is 18.7 Å². The van der Waals surface area contributed by atoms with Crippen LogP contribution in [0.4, 0.5) is 11.5 Å². The van der Waals surface area contributed by atoms with Gasteiger partial charge >= 0.3 is 5.69 Å². The van der Waals surface area contributed by atoms with Gasteiger partial charge in [-0.1, -0.05) is 46.3 Å². The molecule has 0 aliphatic heterocycles. The summed E-state index contributed by atoms with van der Waals surface area (Å²) in [5.74, 6) is -0.587. The molecule has 0 saturated carbocycles. The van der Waals surface area contributed by atoms with Crippen molar-refractivity contribution < 1.29 is 4.79 Å². The molecule has 3 rings (SSSR count). The van der Waals surface area contributed by atoms with Gasteiger partial charge < -0.3 is 11.1 Å². The molecule has 7 nitrogen and oxygen atoms in total. The summed E-state index contributed by atoms with van der Waals surface area (Å²) >= 11 is 3.35. The Balaban J connectivity index is 1.97. The van der Waals surface area contributed by atoms with Crippen molar-refractivity contribution in [3.05, 3.63) is 91.0 Å². The number of benzene rings is 2. The zero-order valence-corrected chi connectivity index (χ0v) is 17.5. The number of hydrogen-bond acceptors (Lipinski definition) is 5. The number of nitrogen functional groups attached to an aromatic ring is 1. The number of hydrogen-bond donors (Lipinski definition) is 2. The number of ketones is 1. The van der Waals surface area contributed by atoms with Crippen LogP contribution in [0.2, 0.25) is 0 Å². The van der Waals surface area contributed by atoms with Crippen LogP contribution in [-0.2, 0) is 13.1 Å². The Kier molecular flexibility index (Phi) is 6.33. The van der Waals surface area contributed by atoms with Crippen LogP contribution in [0.3, 0.4) is 0 Å². The summed E-state index contributed by atoms with van der Waals surface area (Å²) in [4.78, 5) is 38.3. The second kappa shape index (κ2) is 8.91. The second-order valence-corrected chi connectivity index (χ2v) is 7.36. The van der Waals surface area contributed by atoms with Crippen LogP contribution >= 0.6 is 15.9 Å². The van der Waals surface area contributed by atoms with E-state index in [1.165, 1.54) is 4.57 Å². The Labute approximate surface area is 175 Å². The molecule has 1 aromatic heterocycles. The zero-order chi connectivity index (χ0) is 21.0. The minimum Gasteiger partial charge on any atom is -0.384 e. The number of Topliss-reactive ketones (excluding diaryl/α,β-unsaturated/α-hetero) is 1. The lowest BCUT2D eigenvalue weighted by atomic mass is 10.1. The molecule has 3 aromatic rings. The highest BCUT2D eigenvalue weighted by atomic mass is 79.9. The molecule has 0 atom stereocenters. The number of carbonyl (C=O) groups excluding carboxylic acids is 1. The average Bonchev–Trinajstić information content (AvgIpc) is 2.72. The highest BCUT2D eigenvalue weighted by Gasteiger charge is 2.22. The first-order valence-electron chi connectivity index (χ1n) is 9.12. The van der Waals surface area contributed by atoms with Crippen LogP contribution in [-0.4, -0.2) is 21.5 Å². The first-order chi connectivity index (χ1) is 13.9. The van der Waals surface area contributed by atoms with Gasteiger partial charge in [0.25, 0.3) is 5.56 Å². The third-order valence-corrected chi connectivity index (χ3v) is 5.07. The van der Waals surface area contributed by atoms with Gasteiger partial charge in [0, 0.05) is 16.7 Å². The summed E-state index contributed by atoms with van der Waals surface area (Å²) in [5, 5.41) is 2.98. The quantitative estimate of drug-likeness (QED) is 0.532. The van der Waals surface area contributed by atoms with Crippen LogP contribution in [0.5, 0.6) is 0 Å². The molecule has 0 spiro atoms. The molecule has 0 bridgehead atoms. The van der Waals surface area contributed by atoms with Gasteiger partial charge in [0.1, 0.15) is 11.4 Å². The minimum absolute atomic E-state index is 0.115. The first kappa shape index (κ1) is 20.6. The lowest BCUT2D eigenvalue weighted by Gasteiger charge is -2.16. The molecule has 0 aliphatic rings. The molecule has 150 valence electrons. The second-order valence-electron chi connectivity index (χ2n) is 6.45. The molecular weight excluding hydrogens is 436 g/mol. The van der Waals surface area contributed by atoms with E-state index in [0.29, 0.717) is 0 Å². The van der Waals surface area contributed by atoms with Crippen LogP contribution in [0.25, 0.3) is 0 Å². The van der Waals surface area contributed by atoms with Crippen LogP contribution in [0, 0.1) is 0 Å². The van der Waals surface area contributed by atoms with Crippen molar-refractivity contribution in [2.24, 2.45) is 0 Å². The van der Waals surface area contributed by atoms with Gasteiger partial charge in [-0.25, -0.2) is 4.79 Å². The Morgan fingerprint density at radius 1 is 1.03 bits per heavy atom. The number of aromatic nitrogens is 2. The molecule has 0 unspecified atom stereocenters. The van der Waals surface area contributed by atoms with Crippen molar-refractivity contribution in [1.29, 1.82) is 0 Å². The first-order valence-corrected chi connectivity index (χ1v) is 9.91. The van der Waals surface area contributed by atoms with Gasteiger partial charge in [0.2, 0.25) is 0 Å². The molecule has 3 N–H and O–H groups in total. The average molecular weight is 457 g/mol. The number of nitrogens with one attached hydrogen (secondary N) is 1. The Morgan fingerprint density at radius 2 is 1.69 bits per heavy atom. The highest BCUT2D eigenvalue weighted by Crippen LogP contribution is 2.15. The van der Waals surface area contributed by atoms with Gasteiger partial charge in [-0.05, 0) is 36.8 Å². The highest BCUT2D eigenvalue weighted by molar-refractivity contribution is 9.10. The molecule has 0 aliphatic carbocycles. The van der Waals surface area contributed by atoms with Crippen molar-refractivity contribution in [2.75, 3.05) is 17.6 Å². The number of rotatable bonds is 7. The molecule has 29 heavy (non-hydrogen) atoms. The molecule has 0 saturated heterocycles. The number of nitrogens with two attached hydrogens (primary N) is 1. The Morgan fingerprint density at radius 3 is 2.31 bits per heavy atom. The normalized spacial score (nSPS) is 10.7. The molecular formula is C21H21BrN4O3. The van der Waals surface area contributed by atoms with Crippen molar-refractivity contribution >= 4 is 33.2 Å². The van der Waals surface area contributed by atoms with E-state index in [2.05, 4.69) is 21.2 Å². The molecule has 1 heterocycles. The Hall–Kier alpha value is -3.13. The van der Waals surface area contributed by atoms with Crippen LogP contribution in [0.15, 0.2) is 68.7 Å². The molecule has 0 radical (unpaired) electrons. The fourth-order valence-corrected chi connectivity index (χ4v) is 3.28. The summed E-state index contributed by atoms with van der Waals surface area (Å²) in [7, 11) is 0. The molecule has 0 fully saturated rings. The summed E-state index contributed by atoms with van der Waals surface area (Å²) in [6.45, 7) is 1.88. The Bertz CT molecular complexity index is 1140. The van der Waals surface area contributed by atoms with Crippen molar-refractivity contribution in [3.63, 3.8) is 0 Å². The van der Waals surface area contributed by atoms with Gasteiger partial charge in [-0.15, -0.1) is 0 Å². The zero-order valence-electron chi connectivity index (χ0n) is 15.9. The molecule has 0 amide bonds. The topological polar surface area (TPSA) is 99.1 Å². The third kappa shape index (κ3) is 4.48. The number of nitrogens with zero attached hydrogens (tertiary/aromatic N) is 2. The van der Waals surface area contributed by atoms with E-state index < -0.39 is 17.0 Å². The van der Waals surface area contributed by atoms with E-state index in [-0.39, 0.29) is 31.0 Å². The smallest absolute Gasteiger partial charge is 0.332 e. The minimum atomic E-state index is -0.665.